The third-order valence-electron chi connectivity index (χ3n) is 7.79. The van der Waals surface area contributed by atoms with Crippen LogP contribution < -0.4 is 11.1 Å². The molecule has 0 radical (unpaired) electrons. The fraction of sp³-hybridized carbons (Fsp3) is 0.600. The van der Waals surface area contributed by atoms with Crippen molar-refractivity contribution in [2.45, 2.75) is 65.2 Å². The van der Waals surface area contributed by atoms with Crippen LogP contribution in [0.4, 0.5) is 5.82 Å². The Labute approximate surface area is 179 Å². The molecule has 0 saturated heterocycles. The van der Waals surface area contributed by atoms with Crippen LogP contribution in [0.25, 0.3) is 5.69 Å². The quantitative estimate of drug-likeness (QED) is 0.694. The number of nitrogens with one attached hydrogen (secondary N) is 1. The van der Waals surface area contributed by atoms with Gasteiger partial charge in [-0.2, -0.15) is 5.10 Å². The second-order valence-corrected chi connectivity index (χ2v) is 11.1. The van der Waals surface area contributed by atoms with Crippen molar-refractivity contribution in [3.8, 4) is 5.69 Å². The average Bonchev–Trinajstić information content (AvgIpc) is 3.03. The lowest BCUT2D eigenvalue weighted by molar-refractivity contribution is -0.170. The first-order valence-electron chi connectivity index (χ1n) is 11.5. The zero-order valence-electron chi connectivity index (χ0n) is 18.3. The number of carbonyl (C=O) groups is 1. The summed E-state index contributed by atoms with van der Waals surface area (Å²) in [4.78, 5) is 13.3. The SMILES string of the molecule is CC12CC3CC(C)(C1)CC(C(=O)NCCCc1cc(N)n(-c4ccccc4)n1)(C3)C2. The number of nitrogen functional groups attached to an aromatic ring is 1. The number of nitrogens with zero attached hydrogens (tertiary/aromatic N) is 2. The van der Waals surface area contributed by atoms with E-state index in [0.717, 1.165) is 49.4 Å². The van der Waals surface area contributed by atoms with Crippen LogP contribution in [0.2, 0.25) is 0 Å². The fourth-order valence-corrected chi connectivity index (χ4v) is 7.70. The maximum atomic E-state index is 13.3. The molecule has 2 aromatic rings. The van der Waals surface area contributed by atoms with Gasteiger partial charge in [-0.25, -0.2) is 4.68 Å². The summed E-state index contributed by atoms with van der Waals surface area (Å²) in [6.45, 7) is 5.55. The molecule has 5 nitrogen and oxygen atoms in total. The summed E-state index contributed by atoms with van der Waals surface area (Å²) in [6.07, 6.45) is 8.90. The van der Waals surface area contributed by atoms with Gasteiger partial charge in [0, 0.05) is 12.6 Å². The average molecular weight is 407 g/mol. The van der Waals surface area contributed by atoms with Crippen molar-refractivity contribution in [2.24, 2.45) is 22.2 Å². The van der Waals surface area contributed by atoms with Crippen LogP contribution in [0.5, 0.6) is 0 Å². The summed E-state index contributed by atoms with van der Waals surface area (Å²) in [5.74, 6) is 1.69. The molecule has 5 heteroatoms. The molecule has 4 fully saturated rings. The van der Waals surface area contributed by atoms with E-state index in [-0.39, 0.29) is 5.41 Å². The largest absolute Gasteiger partial charge is 0.384 e. The maximum absolute atomic E-state index is 13.3. The van der Waals surface area contributed by atoms with Crippen LogP contribution >= 0.6 is 0 Å². The van der Waals surface area contributed by atoms with Crippen LogP contribution in [0.3, 0.4) is 0 Å². The Balaban J connectivity index is 1.18. The van der Waals surface area contributed by atoms with E-state index >= 15 is 0 Å². The molecular formula is C25H34N4O. The van der Waals surface area contributed by atoms with E-state index in [1.807, 2.05) is 36.4 Å². The number of nitrogens with two attached hydrogens (primary N) is 1. The summed E-state index contributed by atoms with van der Waals surface area (Å²) < 4.78 is 1.78. The van der Waals surface area contributed by atoms with Crippen molar-refractivity contribution in [1.29, 1.82) is 0 Å². The lowest BCUT2D eigenvalue weighted by Crippen LogP contribution is -2.59. The number of hydrogen-bond acceptors (Lipinski definition) is 3. The van der Waals surface area contributed by atoms with Crippen molar-refractivity contribution < 1.29 is 4.79 Å². The molecule has 2 unspecified atom stereocenters. The highest BCUT2D eigenvalue weighted by Crippen LogP contribution is 2.69. The zero-order valence-corrected chi connectivity index (χ0v) is 18.3. The van der Waals surface area contributed by atoms with Crippen molar-refractivity contribution in [3.05, 3.63) is 42.1 Å². The number of rotatable bonds is 6. The molecule has 1 amide bonds. The molecule has 3 N–H and O–H groups in total. The van der Waals surface area contributed by atoms with Gasteiger partial charge >= 0.3 is 0 Å². The minimum absolute atomic E-state index is 0.123. The topological polar surface area (TPSA) is 72.9 Å². The van der Waals surface area contributed by atoms with Gasteiger partial charge in [0.05, 0.1) is 16.8 Å². The van der Waals surface area contributed by atoms with Gasteiger partial charge in [-0.05, 0) is 80.2 Å². The Morgan fingerprint density at radius 1 is 1.13 bits per heavy atom. The Morgan fingerprint density at radius 2 is 1.83 bits per heavy atom. The van der Waals surface area contributed by atoms with Crippen LogP contribution in [-0.2, 0) is 11.2 Å². The first kappa shape index (κ1) is 19.7. The van der Waals surface area contributed by atoms with Gasteiger partial charge in [0.1, 0.15) is 5.82 Å². The molecule has 1 heterocycles. The summed E-state index contributed by atoms with van der Waals surface area (Å²) in [5.41, 5.74) is 8.71. The third kappa shape index (κ3) is 3.42. The molecule has 2 atom stereocenters. The second-order valence-electron chi connectivity index (χ2n) is 11.1. The van der Waals surface area contributed by atoms with Crippen molar-refractivity contribution >= 4 is 11.7 Å². The predicted octanol–water partition coefficient (Wildman–Crippen LogP) is 4.50. The first-order chi connectivity index (χ1) is 14.3. The second kappa shape index (κ2) is 6.86. The smallest absolute Gasteiger partial charge is 0.226 e. The molecule has 4 bridgehead atoms. The molecule has 1 aromatic heterocycles. The summed E-state index contributed by atoms with van der Waals surface area (Å²) in [5, 5.41) is 7.94. The van der Waals surface area contributed by atoms with E-state index in [2.05, 4.69) is 24.3 Å². The number of aryl methyl sites for hydroxylation is 1. The number of anilines is 1. The number of aromatic nitrogens is 2. The molecular weight excluding hydrogens is 372 g/mol. The van der Waals surface area contributed by atoms with Gasteiger partial charge in [-0.3, -0.25) is 4.79 Å². The van der Waals surface area contributed by atoms with Crippen LogP contribution in [-0.4, -0.2) is 22.2 Å². The molecule has 30 heavy (non-hydrogen) atoms. The molecule has 4 aliphatic rings. The van der Waals surface area contributed by atoms with Crippen LogP contribution in [0.15, 0.2) is 36.4 Å². The fourth-order valence-electron chi connectivity index (χ4n) is 7.70. The molecule has 4 saturated carbocycles. The standard InChI is InChI=1S/C25H34N4O/c1-23-12-18-13-24(2,15-23)17-25(14-18,16-23)22(30)27-10-6-7-19-11-21(26)29(28-19)20-8-4-3-5-9-20/h3-5,8-9,11,18H,6-7,10,12-17,26H2,1-2H3,(H,27,30). The highest BCUT2D eigenvalue weighted by Gasteiger charge is 2.62. The number of benzene rings is 1. The monoisotopic (exact) mass is 406 g/mol. The van der Waals surface area contributed by atoms with Gasteiger partial charge in [0.15, 0.2) is 0 Å². The molecule has 160 valence electrons. The normalized spacial score (nSPS) is 34.3. The Morgan fingerprint density at radius 3 is 2.50 bits per heavy atom. The van der Waals surface area contributed by atoms with E-state index in [9.17, 15) is 4.79 Å². The van der Waals surface area contributed by atoms with Crippen molar-refractivity contribution in [3.63, 3.8) is 0 Å². The van der Waals surface area contributed by atoms with Crippen LogP contribution in [0, 0.1) is 22.2 Å². The third-order valence-corrected chi connectivity index (χ3v) is 7.79. The van der Waals surface area contributed by atoms with Gasteiger partial charge in [0.2, 0.25) is 5.91 Å². The molecule has 0 spiro atoms. The summed E-state index contributed by atoms with van der Waals surface area (Å²) in [6, 6.07) is 11.9. The maximum Gasteiger partial charge on any atom is 0.226 e. The van der Waals surface area contributed by atoms with Gasteiger partial charge < -0.3 is 11.1 Å². The van der Waals surface area contributed by atoms with E-state index in [4.69, 9.17) is 5.73 Å². The molecule has 1 aromatic carbocycles. The van der Waals surface area contributed by atoms with Crippen LogP contribution in [0.1, 0.15) is 64.5 Å². The number of amides is 1. The molecule has 0 aliphatic heterocycles. The van der Waals surface area contributed by atoms with Gasteiger partial charge in [-0.15, -0.1) is 0 Å². The van der Waals surface area contributed by atoms with Crippen molar-refractivity contribution in [2.75, 3.05) is 12.3 Å². The van der Waals surface area contributed by atoms with E-state index in [0.29, 0.717) is 29.1 Å². The Bertz CT molecular complexity index is 931. The van der Waals surface area contributed by atoms with E-state index in [1.165, 1.54) is 19.3 Å². The highest BCUT2D eigenvalue weighted by atomic mass is 16.2. The van der Waals surface area contributed by atoms with Gasteiger partial charge in [0.25, 0.3) is 0 Å². The van der Waals surface area contributed by atoms with E-state index < -0.39 is 0 Å². The van der Waals surface area contributed by atoms with Crippen molar-refractivity contribution in [1.82, 2.24) is 15.1 Å². The first-order valence-corrected chi connectivity index (χ1v) is 11.5. The minimum atomic E-state index is -0.123. The Hall–Kier alpha value is -2.30. The molecule has 4 aliphatic carbocycles. The number of hydrogen-bond donors (Lipinski definition) is 2. The predicted molar refractivity (Wildman–Crippen MR) is 119 cm³/mol. The van der Waals surface area contributed by atoms with E-state index in [1.54, 1.807) is 4.68 Å². The highest BCUT2D eigenvalue weighted by molar-refractivity contribution is 5.83. The number of carbonyl (C=O) groups excluding carboxylic acids is 1. The summed E-state index contributed by atoms with van der Waals surface area (Å²) >= 11 is 0. The molecule has 6 rings (SSSR count). The zero-order chi connectivity index (χ0) is 21.0. The lowest BCUT2D eigenvalue weighted by Gasteiger charge is -2.64. The minimum Gasteiger partial charge on any atom is -0.384 e. The van der Waals surface area contributed by atoms with Gasteiger partial charge in [-0.1, -0.05) is 32.0 Å². The number of para-hydroxylation sites is 1. The lowest BCUT2D eigenvalue weighted by atomic mass is 9.40. The summed E-state index contributed by atoms with van der Waals surface area (Å²) in [7, 11) is 0. The Kier molecular flexibility index (Phi) is 4.49.